The molecule has 1 aromatic carbocycles. The largest absolute Gasteiger partial charge is 0.415 e. The number of carbonyl (C=O) groups excluding carboxylic acids is 1. The molecule has 1 amide bonds. The van der Waals surface area contributed by atoms with Gasteiger partial charge in [0.2, 0.25) is 0 Å². The molecule has 0 spiro atoms. The zero-order chi connectivity index (χ0) is 21.6. The number of H-pyrrole nitrogens is 1. The van der Waals surface area contributed by atoms with Gasteiger partial charge in [-0.05, 0) is 36.2 Å². The Hall–Kier alpha value is -2.84. The maximum absolute atomic E-state index is 12.5. The number of amides is 1. The molecule has 2 aromatic heterocycles. The van der Waals surface area contributed by atoms with Crippen molar-refractivity contribution in [1.82, 2.24) is 24.8 Å². The van der Waals surface area contributed by atoms with Crippen molar-refractivity contribution in [3.05, 3.63) is 77.6 Å². The predicted molar refractivity (Wildman–Crippen MR) is 123 cm³/mol. The number of hydrogen-bond acceptors (Lipinski definition) is 6. The van der Waals surface area contributed by atoms with Crippen LogP contribution in [0.5, 0.6) is 5.75 Å². The molecule has 1 aliphatic heterocycles. The number of imidazole rings is 1. The Labute approximate surface area is 187 Å². The van der Waals surface area contributed by atoms with Crippen molar-refractivity contribution >= 4 is 18.7 Å². The topological polar surface area (TPSA) is 74.3 Å². The quantitative estimate of drug-likeness (QED) is 0.578. The van der Waals surface area contributed by atoms with Gasteiger partial charge in [0.05, 0.1) is 5.25 Å². The van der Waals surface area contributed by atoms with Crippen molar-refractivity contribution in [3.8, 4) is 5.75 Å². The van der Waals surface area contributed by atoms with Gasteiger partial charge in [0.1, 0.15) is 11.6 Å². The molecule has 1 saturated heterocycles. The number of aryl methyl sites for hydroxylation is 1. The summed E-state index contributed by atoms with van der Waals surface area (Å²) in [4.78, 5) is 28.4. The smallest absolute Gasteiger partial charge is 0.410 e. The molecule has 1 fully saturated rings. The Morgan fingerprint density at radius 3 is 2.55 bits per heavy atom. The van der Waals surface area contributed by atoms with Gasteiger partial charge in [-0.3, -0.25) is 9.88 Å². The molecule has 162 valence electrons. The van der Waals surface area contributed by atoms with Gasteiger partial charge < -0.3 is 14.6 Å². The fraction of sp³-hybridized carbons (Fsp3) is 0.348. The van der Waals surface area contributed by atoms with Crippen molar-refractivity contribution in [3.63, 3.8) is 0 Å². The number of nitrogens with one attached hydrogen (secondary N) is 1. The Bertz CT molecular complexity index is 968. The molecule has 31 heavy (non-hydrogen) atoms. The van der Waals surface area contributed by atoms with Crippen molar-refractivity contribution < 1.29 is 9.53 Å². The first-order valence-corrected chi connectivity index (χ1v) is 11.0. The molecule has 3 aromatic rings. The third kappa shape index (κ3) is 5.65. The highest BCUT2D eigenvalue weighted by atomic mass is 32.1. The van der Waals surface area contributed by atoms with E-state index in [2.05, 4.69) is 44.6 Å². The number of hydrogen-bond donors (Lipinski definition) is 2. The number of rotatable bonds is 6. The van der Waals surface area contributed by atoms with E-state index in [9.17, 15) is 4.79 Å². The second-order valence-electron chi connectivity index (χ2n) is 7.72. The summed E-state index contributed by atoms with van der Waals surface area (Å²) in [5, 5.41) is -0.150. The molecule has 3 heterocycles. The molecule has 1 aliphatic rings. The van der Waals surface area contributed by atoms with Crippen LogP contribution in [0.25, 0.3) is 0 Å². The van der Waals surface area contributed by atoms with Crippen molar-refractivity contribution in [2.45, 2.75) is 18.6 Å². The van der Waals surface area contributed by atoms with Gasteiger partial charge in [-0.1, -0.05) is 18.2 Å². The Kier molecular flexibility index (Phi) is 6.89. The summed E-state index contributed by atoms with van der Waals surface area (Å²) in [5.41, 5.74) is 3.26. The zero-order valence-electron chi connectivity index (χ0n) is 17.6. The van der Waals surface area contributed by atoms with Crippen LogP contribution in [-0.4, -0.2) is 63.6 Å². The number of thiol groups is 1. The number of benzene rings is 1. The molecule has 1 atom stereocenters. The van der Waals surface area contributed by atoms with E-state index in [1.165, 1.54) is 5.56 Å². The number of carbonyl (C=O) groups is 1. The van der Waals surface area contributed by atoms with Gasteiger partial charge in [0.25, 0.3) is 0 Å². The number of aromatic nitrogens is 3. The molecule has 0 radical (unpaired) electrons. The number of aromatic amines is 1. The summed E-state index contributed by atoms with van der Waals surface area (Å²) in [6.45, 7) is 5.99. The van der Waals surface area contributed by atoms with E-state index in [4.69, 9.17) is 4.74 Å². The minimum absolute atomic E-state index is 0.150. The van der Waals surface area contributed by atoms with Crippen LogP contribution in [0, 0.1) is 6.92 Å². The lowest BCUT2D eigenvalue weighted by Crippen LogP contribution is -2.49. The normalized spacial score (nSPS) is 15.6. The van der Waals surface area contributed by atoms with E-state index in [0.717, 1.165) is 43.1 Å². The molecule has 1 unspecified atom stereocenters. The van der Waals surface area contributed by atoms with Crippen molar-refractivity contribution in [2.24, 2.45) is 0 Å². The zero-order valence-corrected chi connectivity index (χ0v) is 18.5. The molecule has 0 aliphatic carbocycles. The number of pyridine rings is 1. The fourth-order valence-corrected chi connectivity index (χ4v) is 3.85. The van der Waals surface area contributed by atoms with Crippen molar-refractivity contribution in [1.29, 1.82) is 0 Å². The van der Waals surface area contributed by atoms with E-state index in [-0.39, 0.29) is 11.3 Å². The maximum atomic E-state index is 12.5. The summed E-state index contributed by atoms with van der Waals surface area (Å²) in [5.74, 6) is 1.31. The van der Waals surface area contributed by atoms with Gasteiger partial charge in [0.15, 0.2) is 0 Å². The minimum atomic E-state index is -0.305. The van der Waals surface area contributed by atoms with Crippen LogP contribution < -0.4 is 4.74 Å². The van der Waals surface area contributed by atoms with Crippen LogP contribution in [0.4, 0.5) is 4.79 Å². The fourth-order valence-electron chi connectivity index (χ4n) is 3.54. The third-order valence-electron chi connectivity index (χ3n) is 5.47. The Balaban J connectivity index is 1.23. The lowest BCUT2D eigenvalue weighted by Gasteiger charge is -2.33. The van der Waals surface area contributed by atoms with Crippen LogP contribution in [0.3, 0.4) is 0 Å². The summed E-state index contributed by atoms with van der Waals surface area (Å²) >= 11 is 4.60. The molecule has 1 N–H and O–H groups in total. The average molecular weight is 438 g/mol. The van der Waals surface area contributed by atoms with Crippen LogP contribution in [0.2, 0.25) is 0 Å². The molecule has 8 heteroatoms. The van der Waals surface area contributed by atoms with Gasteiger partial charge in [0, 0.05) is 63.4 Å². The molecule has 7 nitrogen and oxygen atoms in total. The number of piperazine rings is 1. The highest BCUT2D eigenvalue weighted by Crippen LogP contribution is 2.27. The van der Waals surface area contributed by atoms with E-state index in [0.29, 0.717) is 18.8 Å². The average Bonchev–Trinajstić information content (AvgIpc) is 3.34. The number of nitrogens with zero attached hydrogens (tertiary/aromatic N) is 4. The summed E-state index contributed by atoms with van der Waals surface area (Å²) in [6.07, 6.45) is 5.99. The summed E-state index contributed by atoms with van der Waals surface area (Å²) < 4.78 is 5.57. The molecule has 4 rings (SSSR count). The van der Waals surface area contributed by atoms with Crippen LogP contribution >= 0.6 is 12.6 Å². The van der Waals surface area contributed by atoms with E-state index >= 15 is 0 Å². The highest BCUT2D eigenvalue weighted by Gasteiger charge is 2.22. The second-order valence-corrected chi connectivity index (χ2v) is 8.24. The van der Waals surface area contributed by atoms with Gasteiger partial charge in [-0.2, -0.15) is 12.6 Å². The monoisotopic (exact) mass is 437 g/mol. The first-order valence-electron chi connectivity index (χ1n) is 10.5. The van der Waals surface area contributed by atoms with Crippen LogP contribution in [0.1, 0.15) is 27.9 Å². The van der Waals surface area contributed by atoms with E-state index in [1.807, 2.05) is 25.3 Å². The maximum Gasteiger partial charge on any atom is 0.415 e. The first kappa shape index (κ1) is 21.4. The molecule has 0 bridgehead atoms. The Morgan fingerprint density at radius 2 is 1.90 bits per heavy atom. The number of ether oxygens (including phenoxy) is 1. The third-order valence-corrected chi connectivity index (χ3v) is 6.01. The van der Waals surface area contributed by atoms with E-state index in [1.54, 1.807) is 29.4 Å². The standard InChI is InChI=1S/C23H27N5O2S/c1-17-2-5-19(26-16-17)8-11-27-12-14-28(15-13-27)23(29)30-20-6-3-18(4-7-20)21(31)22-24-9-10-25-22/h2-7,9-10,16,21,31H,8,11-15H2,1H3,(H,24,25). The molecular weight excluding hydrogens is 410 g/mol. The molecule has 0 saturated carbocycles. The SMILES string of the molecule is Cc1ccc(CCN2CCN(C(=O)Oc3ccc(C(S)c4ncc[nH]4)cc3)CC2)nc1. The minimum Gasteiger partial charge on any atom is -0.410 e. The van der Waals surface area contributed by atoms with Gasteiger partial charge >= 0.3 is 6.09 Å². The first-order chi connectivity index (χ1) is 15.1. The highest BCUT2D eigenvalue weighted by molar-refractivity contribution is 7.80. The predicted octanol–water partition coefficient (Wildman–Crippen LogP) is 3.49. The van der Waals surface area contributed by atoms with E-state index < -0.39 is 0 Å². The lowest BCUT2D eigenvalue weighted by atomic mass is 10.1. The van der Waals surface area contributed by atoms with Gasteiger partial charge in [-0.15, -0.1) is 0 Å². The van der Waals surface area contributed by atoms with Gasteiger partial charge in [-0.25, -0.2) is 9.78 Å². The van der Waals surface area contributed by atoms with Crippen LogP contribution in [-0.2, 0) is 6.42 Å². The lowest BCUT2D eigenvalue weighted by molar-refractivity contribution is 0.111. The van der Waals surface area contributed by atoms with Crippen molar-refractivity contribution in [2.75, 3.05) is 32.7 Å². The summed E-state index contributed by atoms with van der Waals surface area (Å²) in [7, 11) is 0. The van der Waals surface area contributed by atoms with Crippen LogP contribution in [0.15, 0.2) is 55.0 Å². The Morgan fingerprint density at radius 1 is 1.13 bits per heavy atom. The summed E-state index contributed by atoms with van der Waals surface area (Å²) in [6, 6.07) is 11.6. The second kappa shape index (κ2) is 9.98. The molecular formula is C23H27N5O2S.